The summed E-state index contributed by atoms with van der Waals surface area (Å²) in [7, 11) is 0. The molecule has 0 aromatic heterocycles. The first-order valence-electron chi connectivity index (χ1n) is 2.58. The van der Waals surface area contributed by atoms with E-state index in [2.05, 4.69) is 31.9 Å². The fourth-order valence-corrected chi connectivity index (χ4v) is 1.24. The van der Waals surface area contributed by atoms with Gasteiger partial charge in [-0.2, -0.15) is 0 Å². The van der Waals surface area contributed by atoms with Crippen LogP contribution in [0, 0.1) is 5.41 Å². The van der Waals surface area contributed by atoms with Crippen LogP contribution in [0.3, 0.4) is 0 Å². The second-order valence-corrected chi connectivity index (χ2v) is 3.53. The van der Waals surface area contributed by atoms with Crippen LogP contribution in [0.1, 0.15) is 0 Å². The molecule has 2 nitrogen and oxygen atoms in total. The molecule has 0 radical (unpaired) electrons. The molecule has 0 aromatic carbocycles. The summed E-state index contributed by atoms with van der Waals surface area (Å²) >= 11 is 6.41. The van der Waals surface area contributed by atoms with E-state index in [1.54, 1.807) is 12.2 Å². The Bertz CT molecular complexity index is 227. The van der Waals surface area contributed by atoms with E-state index >= 15 is 0 Å². The Labute approximate surface area is 75.3 Å². The number of hydrogen-bond acceptors (Lipinski definition) is 1. The second kappa shape index (κ2) is 2.80. The van der Waals surface area contributed by atoms with Gasteiger partial charge in [0.2, 0.25) is 5.71 Å². The van der Waals surface area contributed by atoms with Crippen LogP contribution in [0.5, 0.6) is 0 Å². The molecule has 0 spiro atoms. The highest BCUT2D eigenvalue weighted by atomic mass is 79.9. The number of nitrogens with one attached hydrogen (secondary N) is 1. The third kappa shape index (κ3) is 1.27. The van der Waals surface area contributed by atoms with Gasteiger partial charge in [-0.3, -0.25) is 10.8 Å². The van der Waals surface area contributed by atoms with Gasteiger partial charge in [0, 0.05) is 4.48 Å². The summed E-state index contributed by atoms with van der Waals surface area (Å²) in [6.07, 6.45) is 3.58. The normalized spacial score (nSPS) is 18.6. The molecule has 0 saturated carbocycles. The number of nitrogens with two attached hydrogens (primary N) is 1. The fourth-order valence-electron chi connectivity index (χ4n) is 0.568. The number of hydrogen-bond donors (Lipinski definition) is 2. The predicted molar refractivity (Wildman–Crippen MR) is 48.7 cm³/mol. The van der Waals surface area contributed by atoms with Crippen LogP contribution in [0.2, 0.25) is 0 Å². The van der Waals surface area contributed by atoms with Gasteiger partial charge in [-0.05, 0) is 44.0 Å². The molecule has 10 heavy (non-hydrogen) atoms. The largest absolute Gasteiger partial charge is 0.294 e. The summed E-state index contributed by atoms with van der Waals surface area (Å²) < 4.78 is 1.48. The van der Waals surface area contributed by atoms with Crippen LogP contribution >= 0.6 is 31.9 Å². The molecule has 0 atom stereocenters. The summed E-state index contributed by atoms with van der Waals surface area (Å²) in [6.45, 7) is 0. The van der Waals surface area contributed by atoms with Crippen LogP contribution < -0.4 is 5.41 Å². The first kappa shape index (κ1) is 7.88. The Balaban J connectivity index is 3.09. The average Bonchev–Trinajstić information content (AvgIpc) is 1.93. The monoisotopic (exact) mass is 263 g/mol. The van der Waals surface area contributed by atoms with Crippen molar-refractivity contribution in [1.82, 2.24) is 0 Å². The van der Waals surface area contributed by atoms with E-state index in [1.807, 2.05) is 0 Å². The molecule has 0 bridgehead atoms. The first-order valence-corrected chi connectivity index (χ1v) is 4.16. The molecule has 4 heteroatoms. The molecule has 0 aliphatic heterocycles. The SMILES string of the molecule is N=C1C(=[NH2+])C(Br)=CC=C1Br. The van der Waals surface area contributed by atoms with Gasteiger partial charge < -0.3 is 0 Å². The molecule has 0 saturated heterocycles. The van der Waals surface area contributed by atoms with Gasteiger partial charge >= 0.3 is 0 Å². The molecule has 3 N–H and O–H groups in total. The topological polar surface area (TPSA) is 49.4 Å². The van der Waals surface area contributed by atoms with E-state index in [0.29, 0.717) is 15.9 Å². The molecular formula is C6H5Br2N2+. The van der Waals surface area contributed by atoms with Gasteiger partial charge in [-0.15, -0.1) is 0 Å². The lowest BCUT2D eigenvalue weighted by Gasteiger charge is -2.02. The van der Waals surface area contributed by atoms with Crippen molar-refractivity contribution in [1.29, 1.82) is 5.41 Å². The zero-order chi connectivity index (χ0) is 7.72. The highest BCUT2D eigenvalue weighted by molar-refractivity contribution is 9.12. The second-order valence-electron chi connectivity index (χ2n) is 1.82. The van der Waals surface area contributed by atoms with Crippen molar-refractivity contribution < 1.29 is 5.41 Å². The summed E-state index contributed by atoms with van der Waals surface area (Å²) in [6, 6.07) is 0. The third-order valence-electron chi connectivity index (χ3n) is 1.14. The molecule has 0 heterocycles. The van der Waals surface area contributed by atoms with Gasteiger partial charge in [0.1, 0.15) is 5.71 Å². The highest BCUT2D eigenvalue weighted by Gasteiger charge is 2.19. The predicted octanol–water partition coefficient (Wildman–Crippen LogP) is 0.777. The summed E-state index contributed by atoms with van der Waals surface area (Å²) in [5.41, 5.74) is 0.795. The quantitative estimate of drug-likeness (QED) is 0.608. The molecule has 1 aliphatic carbocycles. The van der Waals surface area contributed by atoms with Crippen molar-refractivity contribution in [3.05, 3.63) is 21.1 Å². The first-order chi connectivity index (χ1) is 4.63. The summed E-state index contributed by atoms with van der Waals surface area (Å²) in [5.74, 6) is 0. The lowest BCUT2D eigenvalue weighted by molar-refractivity contribution is -0.109. The molecule has 0 amide bonds. The molecule has 52 valence electrons. The van der Waals surface area contributed by atoms with Gasteiger partial charge in [-0.1, -0.05) is 0 Å². The lowest BCUT2D eigenvalue weighted by atomic mass is 10.1. The summed E-state index contributed by atoms with van der Waals surface area (Å²) in [5, 5.41) is 12.9. The molecule has 0 aromatic rings. The van der Waals surface area contributed by atoms with Gasteiger partial charge in [0.15, 0.2) is 0 Å². The van der Waals surface area contributed by atoms with E-state index in [1.165, 1.54) is 0 Å². The van der Waals surface area contributed by atoms with E-state index in [-0.39, 0.29) is 0 Å². The number of halogens is 2. The van der Waals surface area contributed by atoms with Crippen molar-refractivity contribution >= 4 is 43.3 Å². The Morgan fingerprint density at radius 1 is 1.20 bits per heavy atom. The Morgan fingerprint density at radius 3 is 2.20 bits per heavy atom. The third-order valence-corrected chi connectivity index (χ3v) is 2.49. The maximum Gasteiger partial charge on any atom is 0.237 e. The molecule has 0 fully saturated rings. The van der Waals surface area contributed by atoms with E-state index in [0.717, 1.165) is 4.48 Å². The van der Waals surface area contributed by atoms with E-state index in [9.17, 15) is 0 Å². The standard InChI is InChI=1S/C6H4Br2N2/c7-3-1-2-4(8)6(10)5(3)9/h1-2,9-10H/p+1. The maximum atomic E-state index is 7.38. The fraction of sp³-hybridized carbons (Fsp3) is 0. The van der Waals surface area contributed by atoms with Gasteiger partial charge in [0.25, 0.3) is 0 Å². The van der Waals surface area contributed by atoms with E-state index < -0.39 is 0 Å². The smallest absolute Gasteiger partial charge is 0.237 e. The van der Waals surface area contributed by atoms with Crippen LogP contribution in [-0.2, 0) is 0 Å². The van der Waals surface area contributed by atoms with Crippen molar-refractivity contribution in [2.45, 2.75) is 0 Å². The van der Waals surface area contributed by atoms with Gasteiger partial charge in [-0.25, -0.2) is 0 Å². The van der Waals surface area contributed by atoms with Crippen molar-refractivity contribution in [3.8, 4) is 0 Å². The van der Waals surface area contributed by atoms with Crippen molar-refractivity contribution in [2.75, 3.05) is 0 Å². The minimum Gasteiger partial charge on any atom is -0.294 e. The molecule has 1 rings (SSSR count). The zero-order valence-corrected chi connectivity index (χ0v) is 8.16. The number of allylic oxidation sites excluding steroid dienone is 4. The Morgan fingerprint density at radius 2 is 1.70 bits per heavy atom. The van der Waals surface area contributed by atoms with Crippen molar-refractivity contribution in [2.24, 2.45) is 0 Å². The minimum absolute atomic E-state index is 0.328. The zero-order valence-electron chi connectivity index (χ0n) is 4.99. The minimum atomic E-state index is 0.328. The van der Waals surface area contributed by atoms with E-state index in [4.69, 9.17) is 10.8 Å². The van der Waals surface area contributed by atoms with Crippen LogP contribution in [-0.4, -0.2) is 11.4 Å². The lowest BCUT2D eigenvalue weighted by Crippen LogP contribution is -2.45. The average molecular weight is 265 g/mol. The Hall–Kier alpha value is -0.220. The molecule has 0 unspecified atom stereocenters. The molecular weight excluding hydrogens is 260 g/mol. The van der Waals surface area contributed by atoms with Crippen LogP contribution in [0.15, 0.2) is 21.1 Å². The maximum absolute atomic E-state index is 7.38. The summed E-state index contributed by atoms with van der Waals surface area (Å²) in [4.78, 5) is 0. The highest BCUT2D eigenvalue weighted by Crippen LogP contribution is 2.18. The van der Waals surface area contributed by atoms with Gasteiger partial charge in [0.05, 0.1) is 4.48 Å². The Kier molecular flexibility index (Phi) is 2.21. The molecule has 1 aliphatic rings. The van der Waals surface area contributed by atoms with Crippen LogP contribution in [0.4, 0.5) is 0 Å². The van der Waals surface area contributed by atoms with Crippen LogP contribution in [0.25, 0.3) is 0 Å². The van der Waals surface area contributed by atoms with Crippen molar-refractivity contribution in [3.63, 3.8) is 0 Å². The number of rotatable bonds is 0.